The molecule has 0 spiro atoms. The smallest absolute Gasteiger partial charge is 0.294 e. The van der Waals surface area contributed by atoms with Gasteiger partial charge in [-0.15, -0.1) is 0 Å². The van der Waals surface area contributed by atoms with E-state index >= 15 is 0 Å². The first-order chi connectivity index (χ1) is 8.86. The number of nitrogen functional groups attached to an aromatic ring is 1. The minimum atomic E-state index is -0.565. The zero-order valence-corrected chi connectivity index (χ0v) is 10.8. The van der Waals surface area contributed by atoms with Gasteiger partial charge in [-0.05, 0) is 38.3 Å². The maximum atomic E-state index is 12.1. The first-order valence-electron chi connectivity index (χ1n) is 5.94. The topological polar surface area (TPSA) is 110 Å². The van der Waals surface area contributed by atoms with Gasteiger partial charge in [0.1, 0.15) is 5.69 Å². The lowest BCUT2D eigenvalue weighted by atomic mass is 10.1. The van der Waals surface area contributed by atoms with Gasteiger partial charge in [0, 0.05) is 17.2 Å². The molecule has 1 aromatic carbocycles. The van der Waals surface area contributed by atoms with Gasteiger partial charge in [0.15, 0.2) is 0 Å². The zero-order valence-electron chi connectivity index (χ0n) is 10.8. The number of hydrazine groups is 1. The van der Waals surface area contributed by atoms with E-state index in [-0.39, 0.29) is 22.8 Å². The summed E-state index contributed by atoms with van der Waals surface area (Å²) in [6, 6.07) is 2.76. The monoisotopic (exact) mass is 264 g/mol. The van der Waals surface area contributed by atoms with E-state index in [4.69, 9.17) is 5.84 Å². The van der Waals surface area contributed by atoms with E-state index in [1.807, 2.05) is 6.92 Å². The van der Waals surface area contributed by atoms with Gasteiger partial charge < -0.3 is 10.7 Å². The fourth-order valence-corrected chi connectivity index (χ4v) is 1.86. The number of nitrogens with one attached hydrogen (secondary N) is 2. The molecule has 0 aromatic heterocycles. The van der Waals surface area contributed by atoms with Gasteiger partial charge >= 0.3 is 0 Å². The highest BCUT2D eigenvalue weighted by molar-refractivity contribution is 5.98. The summed E-state index contributed by atoms with van der Waals surface area (Å²) in [4.78, 5) is 22.5. The number of benzene rings is 1. The zero-order chi connectivity index (χ0) is 14.2. The minimum absolute atomic E-state index is 0.164. The van der Waals surface area contributed by atoms with Crippen molar-refractivity contribution >= 4 is 17.3 Å². The van der Waals surface area contributed by atoms with Crippen molar-refractivity contribution < 1.29 is 9.72 Å². The van der Waals surface area contributed by atoms with Crippen LogP contribution in [0.5, 0.6) is 0 Å². The van der Waals surface area contributed by atoms with Crippen molar-refractivity contribution in [1.82, 2.24) is 5.32 Å². The first-order valence-corrected chi connectivity index (χ1v) is 5.94. The van der Waals surface area contributed by atoms with Gasteiger partial charge in [-0.25, -0.2) is 0 Å². The van der Waals surface area contributed by atoms with Gasteiger partial charge in [-0.1, -0.05) is 0 Å². The largest absolute Gasteiger partial charge is 0.347 e. The van der Waals surface area contributed by atoms with Crippen LogP contribution in [0.15, 0.2) is 12.1 Å². The fraction of sp³-hybridized carbons (Fsp3) is 0.417. The van der Waals surface area contributed by atoms with Crippen molar-refractivity contribution in [2.45, 2.75) is 32.2 Å². The van der Waals surface area contributed by atoms with Crippen LogP contribution in [0, 0.1) is 17.0 Å². The van der Waals surface area contributed by atoms with E-state index in [1.54, 1.807) is 6.92 Å². The van der Waals surface area contributed by atoms with Gasteiger partial charge in [0.25, 0.3) is 11.6 Å². The Labute approximate surface area is 110 Å². The summed E-state index contributed by atoms with van der Waals surface area (Å²) in [7, 11) is 0. The molecule has 0 saturated heterocycles. The number of nitrogens with zero attached hydrogens (tertiary/aromatic N) is 1. The average Bonchev–Trinajstić information content (AvgIpc) is 3.05. The van der Waals surface area contributed by atoms with E-state index in [2.05, 4.69) is 10.7 Å². The maximum absolute atomic E-state index is 12.1. The summed E-state index contributed by atoms with van der Waals surface area (Å²) < 4.78 is 0. The summed E-state index contributed by atoms with van der Waals surface area (Å²) in [5.41, 5.74) is 3.03. The summed E-state index contributed by atoms with van der Waals surface area (Å²) in [5, 5.41) is 13.8. The number of hydrogen-bond donors (Lipinski definition) is 3. The third-order valence-electron chi connectivity index (χ3n) is 3.35. The van der Waals surface area contributed by atoms with Gasteiger partial charge in [-0.3, -0.25) is 20.8 Å². The number of amides is 1. The Morgan fingerprint density at radius 3 is 2.58 bits per heavy atom. The molecule has 0 unspecified atom stereocenters. The molecular weight excluding hydrogens is 248 g/mol. The van der Waals surface area contributed by atoms with Crippen LogP contribution in [0.1, 0.15) is 35.7 Å². The Balaban J connectivity index is 2.37. The van der Waals surface area contributed by atoms with Crippen molar-refractivity contribution in [2.24, 2.45) is 5.84 Å². The first kappa shape index (κ1) is 13.3. The number of nitro groups is 1. The van der Waals surface area contributed by atoms with Crippen LogP contribution in [0.3, 0.4) is 0 Å². The second-order valence-electron chi connectivity index (χ2n) is 5.10. The number of nitro benzene ring substituents is 1. The molecule has 1 fully saturated rings. The van der Waals surface area contributed by atoms with E-state index in [9.17, 15) is 14.9 Å². The molecule has 0 bridgehead atoms. The molecule has 1 saturated carbocycles. The van der Waals surface area contributed by atoms with Crippen LogP contribution in [0.4, 0.5) is 11.4 Å². The van der Waals surface area contributed by atoms with Crippen LogP contribution in [-0.2, 0) is 0 Å². The molecule has 4 N–H and O–H groups in total. The highest BCUT2D eigenvalue weighted by atomic mass is 16.6. The van der Waals surface area contributed by atoms with Crippen molar-refractivity contribution in [2.75, 3.05) is 5.43 Å². The van der Waals surface area contributed by atoms with Crippen LogP contribution < -0.4 is 16.6 Å². The molecule has 7 heteroatoms. The van der Waals surface area contributed by atoms with E-state index in [0.717, 1.165) is 12.8 Å². The van der Waals surface area contributed by atoms with Crippen LogP contribution in [0.25, 0.3) is 0 Å². The van der Waals surface area contributed by atoms with E-state index in [1.165, 1.54) is 12.1 Å². The number of rotatable bonds is 4. The van der Waals surface area contributed by atoms with Crippen molar-refractivity contribution in [3.8, 4) is 0 Å². The average molecular weight is 264 g/mol. The predicted octanol–water partition coefficient (Wildman–Crippen LogP) is 1.47. The molecular formula is C12H16N4O3. The third kappa shape index (κ3) is 2.65. The molecule has 19 heavy (non-hydrogen) atoms. The summed E-state index contributed by atoms with van der Waals surface area (Å²) in [6.07, 6.45) is 1.87. The van der Waals surface area contributed by atoms with Crippen LogP contribution in [-0.4, -0.2) is 16.4 Å². The SMILES string of the molecule is Cc1cc(NN)c([N+](=O)[O-])cc1C(=O)NC1(C)CC1. The normalized spacial score (nSPS) is 15.7. The lowest BCUT2D eigenvalue weighted by Gasteiger charge is -2.13. The number of aryl methyl sites for hydroxylation is 1. The molecule has 102 valence electrons. The lowest BCUT2D eigenvalue weighted by Crippen LogP contribution is -2.34. The quantitative estimate of drug-likeness (QED) is 0.433. The number of carbonyl (C=O) groups is 1. The van der Waals surface area contributed by atoms with Crippen molar-refractivity contribution in [3.63, 3.8) is 0 Å². The second-order valence-corrected chi connectivity index (χ2v) is 5.10. The molecule has 0 aliphatic heterocycles. The highest BCUT2D eigenvalue weighted by Crippen LogP contribution is 2.35. The molecule has 1 amide bonds. The Morgan fingerprint density at radius 1 is 1.47 bits per heavy atom. The molecule has 0 radical (unpaired) electrons. The number of nitrogens with two attached hydrogens (primary N) is 1. The summed E-state index contributed by atoms with van der Waals surface area (Å²) in [6.45, 7) is 3.67. The number of hydrogen-bond acceptors (Lipinski definition) is 5. The van der Waals surface area contributed by atoms with E-state index in [0.29, 0.717) is 11.1 Å². The molecule has 7 nitrogen and oxygen atoms in total. The molecule has 1 aromatic rings. The van der Waals surface area contributed by atoms with Crippen molar-refractivity contribution in [3.05, 3.63) is 33.4 Å². The lowest BCUT2D eigenvalue weighted by molar-refractivity contribution is -0.384. The van der Waals surface area contributed by atoms with Gasteiger partial charge in [0.2, 0.25) is 0 Å². The Hall–Kier alpha value is -2.15. The highest BCUT2D eigenvalue weighted by Gasteiger charge is 2.39. The van der Waals surface area contributed by atoms with E-state index < -0.39 is 4.92 Å². The molecule has 2 rings (SSSR count). The fourth-order valence-electron chi connectivity index (χ4n) is 1.86. The molecule has 1 aliphatic rings. The minimum Gasteiger partial charge on any atom is -0.347 e. The Bertz CT molecular complexity index is 552. The Morgan fingerprint density at radius 2 is 2.11 bits per heavy atom. The molecule has 0 atom stereocenters. The standard InChI is InChI=1S/C12H16N4O3/c1-7-5-9(15-13)10(16(18)19)6-8(7)11(17)14-12(2)3-4-12/h5-6,15H,3-4,13H2,1-2H3,(H,14,17). The second kappa shape index (κ2) is 4.51. The van der Waals surface area contributed by atoms with Crippen molar-refractivity contribution in [1.29, 1.82) is 0 Å². The van der Waals surface area contributed by atoms with Gasteiger partial charge in [0.05, 0.1) is 4.92 Å². The number of anilines is 1. The summed E-state index contributed by atoms with van der Waals surface area (Å²) >= 11 is 0. The number of carbonyl (C=O) groups excluding carboxylic acids is 1. The Kier molecular flexibility index (Phi) is 3.15. The molecule has 1 aliphatic carbocycles. The van der Waals surface area contributed by atoms with Crippen LogP contribution in [0.2, 0.25) is 0 Å². The van der Waals surface area contributed by atoms with Gasteiger partial charge in [-0.2, -0.15) is 0 Å². The maximum Gasteiger partial charge on any atom is 0.294 e. The predicted molar refractivity (Wildman–Crippen MR) is 70.7 cm³/mol. The third-order valence-corrected chi connectivity index (χ3v) is 3.35. The molecule has 0 heterocycles. The summed E-state index contributed by atoms with van der Waals surface area (Å²) in [5.74, 6) is 4.95. The van der Waals surface area contributed by atoms with Crippen LogP contribution >= 0.6 is 0 Å².